The van der Waals surface area contributed by atoms with E-state index in [1.807, 2.05) is 25.7 Å². The zero-order chi connectivity index (χ0) is 23.1. The van der Waals surface area contributed by atoms with Gasteiger partial charge in [0.2, 0.25) is 0 Å². The fourth-order valence-electron chi connectivity index (χ4n) is 3.94. The predicted octanol–water partition coefficient (Wildman–Crippen LogP) is 2.59. The van der Waals surface area contributed by atoms with Gasteiger partial charge in [-0.05, 0) is 46.5 Å². The lowest BCUT2D eigenvalue weighted by atomic mass is 9.93. The van der Waals surface area contributed by atoms with Gasteiger partial charge in [-0.1, -0.05) is 13.8 Å². The van der Waals surface area contributed by atoms with Gasteiger partial charge in [0.25, 0.3) is 5.91 Å². The zero-order valence-corrected chi connectivity index (χ0v) is 22.9. The van der Waals surface area contributed by atoms with E-state index in [0.717, 1.165) is 31.6 Å². The topological polar surface area (TPSA) is 95.5 Å². The number of carbonyl (C=O) groups is 2. The molecule has 186 valence electrons. The van der Waals surface area contributed by atoms with Crippen LogP contribution in [0.25, 0.3) is 0 Å². The highest BCUT2D eigenvalue weighted by Gasteiger charge is 2.33. The van der Waals surface area contributed by atoms with Crippen molar-refractivity contribution < 1.29 is 19.1 Å². The summed E-state index contributed by atoms with van der Waals surface area (Å²) in [5.41, 5.74) is -0.975. The molecule has 0 aromatic heterocycles. The molecule has 0 aliphatic carbocycles. The van der Waals surface area contributed by atoms with Gasteiger partial charge in [-0.2, -0.15) is 0 Å². The van der Waals surface area contributed by atoms with Crippen LogP contribution in [-0.4, -0.2) is 91.4 Å². The van der Waals surface area contributed by atoms with Crippen LogP contribution in [0, 0.1) is 0 Å². The number of guanidine groups is 1. The van der Waals surface area contributed by atoms with Crippen molar-refractivity contribution in [3.05, 3.63) is 0 Å². The summed E-state index contributed by atoms with van der Waals surface area (Å²) in [6.45, 7) is 13.6. The quantitative estimate of drug-likeness (QED) is 0.291. The Bertz CT molecular complexity index is 635. The lowest BCUT2D eigenvalue weighted by molar-refractivity contribution is -0.142. The van der Waals surface area contributed by atoms with Crippen molar-refractivity contribution in [2.75, 3.05) is 46.4 Å². The monoisotopic (exact) mass is 567 g/mol. The first kappa shape index (κ1) is 28.7. The molecule has 0 bridgehead atoms. The molecule has 2 aliphatic heterocycles. The van der Waals surface area contributed by atoms with Gasteiger partial charge >= 0.3 is 6.09 Å². The van der Waals surface area contributed by atoms with Crippen LogP contribution in [0.1, 0.15) is 60.3 Å². The first-order chi connectivity index (χ1) is 14.6. The normalized spacial score (nSPS) is 19.9. The third kappa shape index (κ3) is 8.24. The van der Waals surface area contributed by atoms with E-state index < -0.39 is 17.2 Å². The predicted molar refractivity (Wildman–Crippen MR) is 137 cm³/mol. The van der Waals surface area contributed by atoms with E-state index in [0.29, 0.717) is 39.3 Å². The molecule has 2 heterocycles. The maximum Gasteiger partial charge on any atom is 0.408 e. The Kier molecular flexibility index (Phi) is 11.5. The number of nitrogens with zero attached hydrogens (tertiary/aromatic N) is 3. The minimum atomic E-state index is -0.540. The Morgan fingerprint density at radius 1 is 1.09 bits per heavy atom. The van der Waals surface area contributed by atoms with Gasteiger partial charge in [0.05, 0.1) is 5.54 Å². The molecule has 1 atom stereocenters. The number of nitrogens with one attached hydrogen (secondary N) is 2. The van der Waals surface area contributed by atoms with Gasteiger partial charge in [0.1, 0.15) is 11.7 Å². The molecule has 0 radical (unpaired) electrons. The lowest BCUT2D eigenvalue weighted by Gasteiger charge is -2.39. The van der Waals surface area contributed by atoms with Crippen molar-refractivity contribution in [1.82, 2.24) is 20.4 Å². The number of alkyl carbamates (subject to hydrolysis) is 1. The smallest absolute Gasteiger partial charge is 0.408 e. The fourth-order valence-corrected chi connectivity index (χ4v) is 3.94. The van der Waals surface area contributed by atoms with Gasteiger partial charge in [-0.3, -0.25) is 9.79 Å². The number of ether oxygens (including phenoxy) is 2. The Morgan fingerprint density at radius 2 is 1.69 bits per heavy atom. The van der Waals surface area contributed by atoms with Crippen LogP contribution in [-0.2, 0) is 14.3 Å². The number of amides is 2. The minimum absolute atomic E-state index is 0. The summed E-state index contributed by atoms with van der Waals surface area (Å²) in [7, 11) is 1.76. The fraction of sp³-hybridized carbons (Fsp3) is 0.864. The first-order valence-corrected chi connectivity index (χ1v) is 11.5. The number of hydrogen-bond donors (Lipinski definition) is 2. The van der Waals surface area contributed by atoms with Gasteiger partial charge < -0.3 is 29.9 Å². The van der Waals surface area contributed by atoms with Crippen molar-refractivity contribution in [3.63, 3.8) is 0 Å². The lowest BCUT2D eigenvalue weighted by Crippen LogP contribution is -2.59. The summed E-state index contributed by atoms with van der Waals surface area (Å²) >= 11 is 0. The molecule has 2 fully saturated rings. The van der Waals surface area contributed by atoms with Crippen LogP contribution >= 0.6 is 24.0 Å². The van der Waals surface area contributed by atoms with Crippen molar-refractivity contribution in [3.8, 4) is 0 Å². The number of rotatable bonds is 6. The van der Waals surface area contributed by atoms with Gasteiger partial charge in [-0.25, -0.2) is 4.79 Å². The maximum atomic E-state index is 12.6. The van der Waals surface area contributed by atoms with E-state index in [1.165, 1.54) is 0 Å². The molecular weight excluding hydrogens is 525 g/mol. The summed E-state index contributed by atoms with van der Waals surface area (Å²) in [6, 6.07) is 0. The molecule has 0 saturated carbocycles. The van der Waals surface area contributed by atoms with Crippen LogP contribution in [0.2, 0.25) is 0 Å². The summed E-state index contributed by atoms with van der Waals surface area (Å²) in [6.07, 6.45) is 2.63. The molecule has 32 heavy (non-hydrogen) atoms. The van der Waals surface area contributed by atoms with E-state index in [9.17, 15) is 9.59 Å². The van der Waals surface area contributed by atoms with Crippen molar-refractivity contribution in [2.24, 2.45) is 4.99 Å². The maximum absolute atomic E-state index is 12.6. The van der Waals surface area contributed by atoms with Gasteiger partial charge in [-0.15, -0.1) is 24.0 Å². The van der Waals surface area contributed by atoms with Crippen molar-refractivity contribution in [1.29, 1.82) is 0 Å². The Hall–Kier alpha value is -1.30. The summed E-state index contributed by atoms with van der Waals surface area (Å²) in [4.78, 5) is 33.4. The highest BCUT2D eigenvalue weighted by molar-refractivity contribution is 14.0. The van der Waals surface area contributed by atoms with Crippen LogP contribution in [0.15, 0.2) is 4.99 Å². The SMILES string of the molecule is CCC(CC)(CNC(=NC)N1CCN(C(=O)C2CCCO2)CC1)NC(=O)OC(C)(C)C.I. The first-order valence-electron chi connectivity index (χ1n) is 11.5. The molecule has 0 spiro atoms. The molecule has 0 aromatic carbocycles. The van der Waals surface area contributed by atoms with E-state index in [2.05, 4.69) is 34.4 Å². The molecule has 2 N–H and O–H groups in total. The van der Waals surface area contributed by atoms with E-state index >= 15 is 0 Å². The molecule has 10 heteroatoms. The largest absolute Gasteiger partial charge is 0.444 e. The average Bonchev–Trinajstić information content (AvgIpc) is 3.27. The number of aliphatic imine (C=N–C) groups is 1. The van der Waals surface area contributed by atoms with E-state index in [1.54, 1.807) is 7.05 Å². The molecule has 2 rings (SSSR count). The summed E-state index contributed by atoms with van der Waals surface area (Å²) in [5.74, 6) is 0.888. The molecule has 1 unspecified atom stereocenters. The number of carbonyl (C=O) groups excluding carboxylic acids is 2. The van der Waals surface area contributed by atoms with Gasteiger partial charge in [0.15, 0.2) is 5.96 Å². The number of hydrogen-bond acceptors (Lipinski definition) is 5. The Morgan fingerprint density at radius 3 is 2.16 bits per heavy atom. The van der Waals surface area contributed by atoms with E-state index in [-0.39, 0.29) is 36.0 Å². The summed E-state index contributed by atoms with van der Waals surface area (Å²) in [5, 5.41) is 6.48. The van der Waals surface area contributed by atoms with Crippen LogP contribution in [0.5, 0.6) is 0 Å². The number of piperazine rings is 1. The molecule has 9 nitrogen and oxygen atoms in total. The molecule has 0 aromatic rings. The highest BCUT2D eigenvalue weighted by atomic mass is 127. The van der Waals surface area contributed by atoms with Gasteiger partial charge in [0, 0.05) is 46.4 Å². The molecular formula is C22H42IN5O4. The Balaban J connectivity index is 0.00000512. The van der Waals surface area contributed by atoms with Crippen LogP contribution in [0.3, 0.4) is 0 Å². The standard InChI is InChI=1S/C22H41N5O4.HI/c1-7-22(8-2,25-20(29)31-21(3,4)5)16-24-19(23-6)27-13-11-26(12-14-27)18(28)17-10-9-15-30-17;/h17H,7-16H2,1-6H3,(H,23,24)(H,25,29);1H. The van der Waals surface area contributed by atoms with Crippen molar-refractivity contribution in [2.45, 2.75) is 77.5 Å². The Labute approximate surface area is 210 Å². The third-order valence-corrected chi connectivity index (χ3v) is 6.01. The van der Waals surface area contributed by atoms with Crippen LogP contribution < -0.4 is 10.6 Å². The summed E-state index contributed by atoms with van der Waals surface area (Å²) < 4.78 is 11.0. The molecule has 2 aliphatic rings. The number of halogens is 1. The van der Waals surface area contributed by atoms with Crippen molar-refractivity contribution >= 4 is 41.9 Å². The second-order valence-corrected chi connectivity index (χ2v) is 9.33. The molecule has 2 amide bonds. The average molecular weight is 568 g/mol. The second kappa shape index (κ2) is 12.8. The third-order valence-electron chi connectivity index (χ3n) is 6.01. The van der Waals surface area contributed by atoms with E-state index in [4.69, 9.17) is 9.47 Å². The second-order valence-electron chi connectivity index (χ2n) is 9.33. The highest BCUT2D eigenvalue weighted by Crippen LogP contribution is 2.18. The van der Waals surface area contributed by atoms with Crippen LogP contribution in [0.4, 0.5) is 4.79 Å². The molecule has 2 saturated heterocycles. The zero-order valence-electron chi connectivity index (χ0n) is 20.5. The minimum Gasteiger partial charge on any atom is -0.444 e.